The van der Waals surface area contributed by atoms with Crippen molar-refractivity contribution in [2.24, 2.45) is 0 Å². The summed E-state index contributed by atoms with van der Waals surface area (Å²) in [6.45, 7) is 0.120. The second kappa shape index (κ2) is 8.36. The summed E-state index contributed by atoms with van der Waals surface area (Å²) in [7, 11) is 1.60. The lowest BCUT2D eigenvalue weighted by molar-refractivity contribution is -0.383. The highest BCUT2D eigenvalue weighted by Gasteiger charge is 2.29. The van der Waals surface area contributed by atoms with Crippen LogP contribution in [0.2, 0.25) is 5.02 Å². The Hall–Kier alpha value is -2.65. The molecule has 0 heterocycles. The molecule has 0 bridgehead atoms. The lowest BCUT2D eigenvalue weighted by Crippen LogP contribution is -2.30. The summed E-state index contributed by atoms with van der Waals surface area (Å²) in [4.78, 5) is 24.0. The molecule has 0 aliphatic carbocycles. The number of amides is 1. The standard InChI is InChI=1S/C17H15ClF3N3O3/c1-23(9-11-2-4-12(5-3-11)17(19,20)21)10-16(25)22-14-7-6-13(18)8-15(14)24(26)27/h2-8H,9-10H2,1H3,(H,22,25). The molecule has 0 saturated carbocycles. The van der Waals surface area contributed by atoms with Crippen molar-refractivity contribution in [3.8, 4) is 0 Å². The van der Waals surface area contributed by atoms with Gasteiger partial charge in [-0.3, -0.25) is 19.8 Å². The maximum atomic E-state index is 12.6. The Balaban J connectivity index is 1.97. The number of alkyl halides is 3. The van der Waals surface area contributed by atoms with E-state index in [9.17, 15) is 28.1 Å². The van der Waals surface area contributed by atoms with Gasteiger partial charge in [0.2, 0.25) is 5.91 Å². The minimum Gasteiger partial charge on any atom is -0.319 e. The summed E-state index contributed by atoms with van der Waals surface area (Å²) in [5, 5.41) is 13.6. The van der Waals surface area contributed by atoms with Crippen molar-refractivity contribution >= 4 is 28.9 Å². The van der Waals surface area contributed by atoms with Gasteiger partial charge in [-0.25, -0.2) is 0 Å². The van der Waals surface area contributed by atoms with Crippen LogP contribution in [0.1, 0.15) is 11.1 Å². The van der Waals surface area contributed by atoms with Crippen LogP contribution in [-0.4, -0.2) is 29.3 Å². The molecule has 144 valence electrons. The van der Waals surface area contributed by atoms with Gasteiger partial charge in [0.25, 0.3) is 5.69 Å². The Morgan fingerprint density at radius 3 is 2.41 bits per heavy atom. The molecule has 0 fully saturated rings. The highest BCUT2D eigenvalue weighted by Crippen LogP contribution is 2.29. The van der Waals surface area contributed by atoms with E-state index in [2.05, 4.69) is 5.32 Å². The number of rotatable bonds is 6. The number of benzene rings is 2. The van der Waals surface area contributed by atoms with E-state index < -0.39 is 22.6 Å². The van der Waals surface area contributed by atoms with Crippen LogP contribution in [0.15, 0.2) is 42.5 Å². The van der Waals surface area contributed by atoms with E-state index in [-0.39, 0.29) is 29.5 Å². The van der Waals surface area contributed by atoms with Crippen LogP contribution in [-0.2, 0) is 17.5 Å². The molecule has 0 aliphatic rings. The summed E-state index contributed by atoms with van der Waals surface area (Å²) >= 11 is 5.72. The Bertz CT molecular complexity index is 842. The van der Waals surface area contributed by atoms with Gasteiger partial charge in [0.1, 0.15) is 5.69 Å². The third-order valence-electron chi connectivity index (χ3n) is 3.58. The second-order valence-electron chi connectivity index (χ2n) is 5.83. The normalized spacial score (nSPS) is 11.5. The van der Waals surface area contributed by atoms with Crippen molar-refractivity contribution in [1.29, 1.82) is 0 Å². The predicted molar refractivity (Wildman–Crippen MR) is 94.5 cm³/mol. The summed E-state index contributed by atoms with van der Waals surface area (Å²) in [5.41, 5.74) is -0.476. The number of halogens is 4. The smallest absolute Gasteiger partial charge is 0.319 e. The highest BCUT2D eigenvalue weighted by molar-refractivity contribution is 6.31. The minimum absolute atomic E-state index is 0.0114. The van der Waals surface area contributed by atoms with Crippen LogP contribution >= 0.6 is 11.6 Å². The maximum Gasteiger partial charge on any atom is 0.416 e. The van der Waals surface area contributed by atoms with Crippen LogP contribution in [0.5, 0.6) is 0 Å². The molecule has 2 aromatic rings. The fourth-order valence-corrected chi connectivity index (χ4v) is 2.53. The molecular weight excluding hydrogens is 387 g/mol. The van der Waals surface area contributed by atoms with Crippen molar-refractivity contribution in [3.05, 3.63) is 68.7 Å². The Morgan fingerprint density at radius 2 is 1.85 bits per heavy atom. The minimum atomic E-state index is -4.41. The molecule has 2 rings (SSSR count). The first kappa shape index (κ1) is 20.7. The number of nitrogens with zero attached hydrogens (tertiary/aromatic N) is 2. The highest BCUT2D eigenvalue weighted by atomic mass is 35.5. The second-order valence-corrected chi connectivity index (χ2v) is 6.27. The molecule has 6 nitrogen and oxygen atoms in total. The number of hydrogen-bond donors (Lipinski definition) is 1. The van der Waals surface area contributed by atoms with Gasteiger partial charge in [0.15, 0.2) is 0 Å². The van der Waals surface area contributed by atoms with E-state index in [0.29, 0.717) is 5.56 Å². The zero-order valence-electron chi connectivity index (χ0n) is 14.1. The van der Waals surface area contributed by atoms with Gasteiger partial charge in [-0.1, -0.05) is 23.7 Å². The zero-order valence-corrected chi connectivity index (χ0v) is 14.8. The average Bonchev–Trinajstić information content (AvgIpc) is 2.55. The van der Waals surface area contributed by atoms with Crippen molar-refractivity contribution < 1.29 is 22.9 Å². The number of nitro groups is 1. The first-order chi connectivity index (χ1) is 12.6. The van der Waals surface area contributed by atoms with E-state index in [1.54, 1.807) is 11.9 Å². The lowest BCUT2D eigenvalue weighted by Gasteiger charge is -2.17. The number of hydrogen-bond acceptors (Lipinski definition) is 4. The number of likely N-dealkylation sites (N-methyl/N-ethyl adjacent to an activating group) is 1. The molecule has 1 amide bonds. The number of anilines is 1. The van der Waals surface area contributed by atoms with Crippen LogP contribution in [0.25, 0.3) is 0 Å². The fourth-order valence-electron chi connectivity index (χ4n) is 2.36. The van der Waals surface area contributed by atoms with E-state index in [0.717, 1.165) is 18.2 Å². The molecule has 1 N–H and O–H groups in total. The maximum absolute atomic E-state index is 12.6. The van der Waals surface area contributed by atoms with Crippen molar-refractivity contribution in [1.82, 2.24) is 4.90 Å². The van der Waals surface area contributed by atoms with Crippen molar-refractivity contribution in [2.45, 2.75) is 12.7 Å². The van der Waals surface area contributed by atoms with Crippen LogP contribution in [0.3, 0.4) is 0 Å². The third kappa shape index (κ3) is 5.93. The lowest BCUT2D eigenvalue weighted by atomic mass is 10.1. The Kier molecular flexibility index (Phi) is 6.40. The van der Waals surface area contributed by atoms with Crippen molar-refractivity contribution in [2.75, 3.05) is 18.9 Å². The van der Waals surface area contributed by atoms with Crippen LogP contribution in [0.4, 0.5) is 24.5 Å². The molecule has 0 aromatic heterocycles. The Morgan fingerprint density at radius 1 is 1.22 bits per heavy atom. The van der Waals surface area contributed by atoms with Gasteiger partial charge in [-0.2, -0.15) is 13.2 Å². The molecule has 10 heteroatoms. The predicted octanol–water partition coefficient (Wildman–Crippen LogP) is 4.34. The van der Waals surface area contributed by atoms with Crippen LogP contribution < -0.4 is 5.32 Å². The molecule has 27 heavy (non-hydrogen) atoms. The molecule has 0 atom stereocenters. The first-order valence-electron chi connectivity index (χ1n) is 7.64. The zero-order chi connectivity index (χ0) is 20.2. The third-order valence-corrected chi connectivity index (χ3v) is 3.81. The number of carbonyl (C=O) groups is 1. The molecule has 0 aliphatic heterocycles. The molecule has 0 spiro atoms. The Labute approximate surface area is 157 Å². The van der Waals surface area contributed by atoms with Gasteiger partial charge in [-0.15, -0.1) is 0 Å². The summed E-state index contributed by atoms with van der Waals surface area (Å²) in [5.74, 6) is -0.505. The van der Waals surface area contributed by atoms with Crippen LogP contribution in [0, 0.1) is 10.1 Å². The number of nitro benzene ring substituents is 1. The average molecular weight is 402 g/mol. The van der Waals surface area contributed by atoms with Gasteiger partial charge in [0.05, 0.1) is 17.0 Å². The van der Waals surface area contributed by atoms with Gasteiger partial charge >= 0.3 is 6.18 Å². The van der Waals surface area contributed by atoms with Gasteiger partial charge in [-0.05, 0) is 36.9 Å². The molecule has 2 aromatic carbocycles. The largest absolute Gasteiger partial charge is 0.416 e. The fraction of sp³-hybridized carbons (Fsp3) is 0.235. The SMILES string of the molecule is CN(CC(=O)Nc1ccc(Cl)cc1[N+](=O)[O-])Cc1ccc(C(F)(F)F)cc1. The summed E-state index contributed by atoms with van der Waals surface area (Å²) in [6, 6.07) is 8.48. The van der Waals surface area contributed by atoms with Gasteiger partial charge in [0, 0.05) is 17.6 Å². The number of nitrogens with one attached hydrogen (secondary N) is 1. The topological polar surface area (TPSA) is 75.5 Å². The van der Waals surface area contributed by atoms with E-state index in [4.69, 9.17) is 11.6 Å². The van der Waals surface area contributed by atoms with E-state index >= 15 is 0 Å². The van der Waals surface area contributed by atoms with E-state index in [1.807, 2.05) is 0 Å². The number of carbonyl (C=O) groups excluding carboxylic acids is 1. The van der Waals surface area contributed by atoms with Crippen molar-refractivity contribution in [3.63, 3.8) is 0 Å². The monoisotopic (exact) mass is 401 g/mol. The first-order valence-corrected chi connectivity index (χ1v) is 8.02. The molecule has 0 unspecified atom stereocenters. The molecule has 0 radical (unpaired) electrons. The van der Waals surface area contributed by atoms with Gasteiger partial charge < -0.3 is 5.32 Å². The molecular formula is C17H15ClF3N3O3. The summed E-state index contributed by atoms with van der Waals surface area (Å²) in [6.07, 6.45) is -4.41. The molecule has 0 saturated heterocycles. The quantitative estimate of drug-likeness (QED) is 0.577. The summed E-state index contributed by atoms with van der Waals surface area (Å²) < 4.78 is 37.7. The van der Waals surface area contributed by atoms with E-state index in [1.165, 1.54) is 24.3 Å².